The van der Waals surface area contributed by atoms with Crippen molar-refractivity contribution in [2.24, 2.45) is 0 Å². The first kappa shape index (κ1) is 18.5. The average Bonchev–Trinajstić information content (AvgIpc) is 3.41. The molecule has 29 heavy (non-hydrogen) atoms. The van der Waals surface area contributed by atoms with Gasteiger partial charge in [-0.25, -0.2) is 4.68 Å². The molecule has 0 spiro atoms. The molecule has 10 nitrogen and oxygen atoms in total. The number of benzene rings is 2. The Balaban J connectivity index is 1.38. The van der Waals surface area contributed by atoms with Gasteiger partial charge < -0.3 is 10.1 Å². The van der Waals surface area contributed by atoms with E-state index >= 15 is 0 Å². The molecular formula is C19H21N9O. The first-order chi connectivity index (χ1) is 14.3. The zero-order valence-electron chi connectivity index (χ0n) is 16.0. The smallest absolute Gasteiger partial charge is 0.345 e. The lowest BCUT2D eigenvalue weighted by Gasteiger charge is -2.08. The molecule has 0 amide bonds. The summed E-state index contributed by atoms with van der Waals surface area (Å²) in [7, 11) is 0. The summed E-state index contributed by atoms with van der Waals surface area (Å²) in [5.41, 5.74) is 1.90. The Hall–Kier alpha value is -3.82. The van der Waals surface area contributed by atoms with Crippen LogP contribution in [0.5, 0.6) is 11.8 Å². The SMILES string of the molecule is CCCCn1nnnc1NCc1ccc(Oc2nnnn2-c2ccccc2)cc1. The van der Waals surface area contributed by atoms with Crippen molar-refractivity contribution in [3.8, 4) is 17.4 Å². The minimum Gasteiger partial charge on any atom is -0.423 e. The van der Waals surface area contributed by atoms with Crippen LogP contribution in [0.2, 0.25) is 0 Å². The Morgan fingerprint density at radius 3 is 2.52 bits per heavy atom. The van der Waals surface area contributed by atoms with Crippen molar-refractivity contribution in [2.75, 3.05) is 5.32 Å². The standard InChI is InChI=1S/C19H21N9O/c1-2-3-13-27-18(21-23-25-27)20-14-15-9-11-17(12-10-15)29-19-22-24-26-28(19)16-7-5-4-6-8-16/h4-12H,2-3,13-14H2,1H3,(H,20,21,25). The molecule has 2 aromatic carbocycles. The summed E-state index contributed by atoms with van der Waals surface area (Å²) in [4.78, 5) is 0. The van der Waals surface area contributed by atoms with Gasteiger partial charge in [-0.05, 0) is 57.1 Å². The number of anilines is 1. The molecule has 10 heteroatoms. The Kier molecular flexibility index (Phi) is 5.70. The van der Waals surface area contributed by atoms with Crippen molar-refractivity contribution < 1.29 is 4.74 Å². The number of para-hydroxylation sites is 1. The Labute approximate surface area is 167 Å². The van der Waals surface area contributed by atoms with Crippen LogP contribution < -0.4 is 10.1 Å². The van der Waals surface area contributed by atoms with Crippen LogP contribution in [0.15, 0.2) is 54.6 Å². The van der Waals surface area contributed by atoms with E-state index in [1.54, 1.807) is 9.36 Å². The number of aromatic nitrogens is 8. The molecule has 0 saturated heterocycles. The summed E-state index contributed by atoms with van der Waals surface area (Å²) in [6.45, 7) is 3.54. The fourth-order valence-corrected chi connectivity index (χ4v) is 2.73. The largest absolute Gasteiger partial charge is 0.423 e. The third-order valence-corrected chi connectivity index (χ3v) is 4.28. The molecular weight excluding hydrogens is 370 g/mol. The van der Waals surface area contributed by atoms with Crippen molar-refractivity contribution in [3.05, 3.63) is 60.2 Å². The van der Waals surface area contributed by atoms with Gasteiger partial charge in [0.2, 0.25) is 5.95 Å². The maximum atomic E-state index is 5.84. The molecule has 1 N–H and O–H groups in total. The van der Waals surface area contributed by atoms with E-state index in [0.717, 1.165) is 30.6 Å². The number of hydrogen-bond donors (Lipinski definition) is 1. The van der Waals surface area contributed by atoms with Crippen LogP contribution in [-0.4, -0.2) is 40.4 Å². The van der Waals surface area contributed by atoms with E-state index in [1.165, 1.54) is 0 Å². The quantitative estimate of drug-likeness (QED) is 0.464. The summed E-state index contributed by atoms with van der Waals surface area (Å²) in [5, 5.41) is 26.7. The maximum Gasteiger partial charge on any atom is 0.345 e. The zero-order valence-corrected chi connectivity index (χ0v) is 16.0. The van der Waals surface area contributed by atoms with E-state index < -0.39 is 0 Å². The van der Waals surface area contributed by atoms with Crippen molar-refractivity contribution in [3.63, 3.8) is 0 Å². The van der Waals surface area contributed by atoms with Gasteiger partial charge in [-0.1, -0.05) is 53.9 Å². The number of rotatable bonds is 9. The second-order valence-corrected chi connectivity index (χ2v) is 6.39. The minimum absolute atomic E-state index is 0.303. The van der Waals surface area contributed by atoms with Crippen molar-refractivity contribution in [1.82, 2.24) is 40.4 Å². The molecule has 148 valence electrons. The lowest BCUT2D eigenvalue weighted by molar-refractivity contribution is 0.427. The van der Waals surface area contributed by atoms with E-state index in [1.807, 2.05) is 54.6 Å². The first-order valence-corrected chi connectivity index (χ1v) is 9.44. The van der Waals surface area contributed by atoms with Crippen LogP contribution in [0.1, 0.15) is 25.3 Å². The van der Waals surface area contributed by atoms with E-state index in [9.17, 15) is 0 Å². The van der Waals surface area contributed by atoms with Crippen LogP contribution in [0, 0.1) is 0 Å². The second-order valence-electron chi connectivity index (χ2n) is 6.39. The summed E-state index contributed by atoms with van der Waals surface area (Å²) in [6.07, 6.45) is 2.13. The Morgan fingerprint density at radius 1 is 0.931 bits per heavy atom. The fraction of sp³-hybridized carbons (Fsp3) is 0.263. The van der Waals surface area contributed by atoms with Crippen LogP contribution in [0.4, 0.5) is 5.95 Å². The van der Waals surface area contributed by atoms with Crippen molar-refractivity contribution in [2.45, 2.75) is 32.9 Å². The van der Waals surface area contributed by atoms with Crippen LogP contribution in [0.3, 0.4) is 0 Å². The van der Waals surface area contributed by atoms with Crippen LogP contribution >= 0.6 is 0 Å². The van der Waals surface area contributed by atoms with Gasteiger partial charge in [0.1, 0.15) is 5.75 Å². The van der Waals surface area contributed by atoms with Gasteiger partial charge in [0, 0.05) is 13.1 Å². The molecule has 4 rings (SSSR count). The highest BCUT2D eigenvalue weighted by Gasteiger charge is 2.10. The maximum absolute atomic E-state index is 5.84. The molecule has 0 aliphatic heterocycles. The predicted molar refractivity (Wildman–Crippen MR) is 106 cm³/mol. The molecule has 2 aromatic heterocycles. The Bertz CT molecular complexity index is 1030. The molecule has 2 heterocycles. The molecule has 0 saturated carbocycles. The predicted octanol–water partition coefficient (Wildman–Crippen LogP) is 2.85. The van der Waals surface area contributed by atoms with E-state index in [4.69, 9.17) is 4.74 Å². The molecule has 0 unspecified atom stereocenters. The van der Waals surface area contributed by atoms with E-state index in [-0.39, 0.29) is 0 Å². The number of nitrogens with one attached hydrogen (secondary N) is 1. The van der Waals surface area contributed by atoms with Gasteiger partial charge >= 0.3 is 6.01 Å². The normalized spacial score (nSPS) is 10.8. The molecule has 0 radical (unpaired) electrons. The molecule has 0 bridgehead atoms. The molecule has 0 fully saturated rings. The number of tetrazole rings is 2. The van der Waals surface area contributed by atoms with Crippen molar-refractivity contribution in [1.29, 1.82) is 0 Å². The summed E-state index contributed by atoms with van der Waals surface area (Å²) < 4.78 is 9.17. The lowest BCUT2D eigenvalue weighted by atomic mass is 10.2. The number of ether oxygens (including phenoxy) is 1. The van der Waals surface area contributed by atoms with Gasteiger partial charge in [0.25, 0.3) is 0 Å². The average molecular weight is 391 g/mol. The zero-order chi connectivity index (χ0) is 19.9. The first-order valence-electron chi connectivity index (χ1n) is 9.44. The number of unbranched alkanes of at least 4 members (excludes halogenated alkanes) is 1. The lowest BCUT2D eigenvalue weighted by Crippen LogP contribution is -2.09. The third-order valence-electron chi connectivity index (χ3n) is 4.28. The van der Waals surface area contributed by atoms with Crippen LogP contribution in [0.25, 0.3) is 5.69 Å². The third kappa shape index (κ3) is 4.54. The highest BCUT2D eigenvalue weighted by Crippen LogP contribution is 2.21. The van der Waals surface area contributed by atoms with Gasteiger partial charge in [0.15, 0.2) is 0 Å². The number of aryl methyl sites for hydroxylation is 1. The summed E-state index contributed by atoms with van der Waals surface area (Å²) in [5.74, 6) is 1.31. The van der Waals surface area contributed by atoms with Gasteiger partial charge in [-0.2, -0.15) is 4.68 Å². The van der Waals surface area contributed by atoms with Gasteiger partial charge in [-0.3, -0.25) is 0 Å². The van der Waals surface area contributed by atoms with E-state index in [2.05, 4.69) is 43.3 Å². The topological polar surface area (TPSA) is 108 Å². The highest BCUT2D eigenvalue weighted by molar-refractivity contribution is 5.35. The molecule has 0 atom stereocenters. The monoisotopic (exact) mass is 391 g/mol. The Morgan fingerprint density at radius 2 is 1.72 bits per heavy atom. The fourth-order valence-electron chi connectivity index (χ4n) is 2.73. The number of nitrogens with zero attached hydrogens (tertiary/aromatic N) is 8. The summed E-state index contributed by atoms with van der Waals surface area (Å²) >= 11 is 0. The van der Waals surface area contributed by atoms with Gasteiger partial charge in [0.05, 0.1) is 5.69 Å². The molecule has 0 aliphatic carbocycles. The summed E-state index contributed by atoms with van der Waals surface area (Å²) in [6, 6.07) is 17.6. The molecule has 4 aromatic rings. The molecule has 0 aliphatic rings. The highest BCUT2D eigenvalue weighted by atomic mass is 16.5. The van der Waals surface area contributed by atoms with Gasteiger partial charge in [-0.15, -0.1) is 0 Å². The van der Waals surface area contributed by atoms with Crippen molar-refractivity contribution >= 4 is 5.95 Å². The minimum atomic E-state index is 0.303. The van der Waals surface area contributed by atoms with Crippen LogP contribution in [-0.2, 0) is 13.1 Å². The second kappa shape index (κ2) is 8.91. The van der Waals surface area contributed by atoms with E-state index in [0.29, 0.717) is 24.3 Å². The number of hydrogen-bond acceptors (Lipinski definition) is 8.